The summed E-state index contributed by atoms with van der Waals surface area (Å²) in [6.45, 7) is 1.66. The van der Waals surface area contributed by atoms with Crippen LogP contribution in [0, 0.1) is 17.8 Å². The van der Waals surface area contributed by atoms with Crippen LogP contribution in [0.5, 0.6) is 0 Å². The highest BCUT2D eigenvalue weighted by molar-refractivity contribution is 5.89. The van der Waals surface area contributed by atoms with Crippen LogP contribution in [-0.4, -0.2) is 27.5 Å². The van der Waals surface area contributed by atoms with Crippen molar-refractivity contribution in [1.29, 1.82) is 0 Å². The van der Waals surface area contributed by atoms with Crippen molar-refractivity contribution in [3.05, 3.63) is 36.0 Å². The van der Waals surface area contributed by atoms with E-state index < -0.39 is 11.5 Å². The van der Waals surface area contributed by atoms with Gasteiger partial charge in [0.2, 0.25) is 5.91 Å². The Bertz CT molecular complexity index is 920. The molecule has 0 bridgehead atoms. The molecule has 0 spiro atoms. The van der Waals surface area contributed by atoms with Gasteiger partial charge in [-0.15, -0.1) is 0 Å². The number of aliphatic carboxylic acids is 1. The molecule has 3 N–H and O–H groups in total. The van der Waals surface area contributed by atoms with Crippen molar-refractivity contribution in [2.75, 3.05) is 0 Å². The Morgan fingerprint density at radius 2 is 1.58 bits per heavy atom. The van der Waals surface area contributed by atoms with E-state index in [0.717, 1.165) is 29.3 Å². The number of nitrogens with one attached hydrogen (secondary N) is 2. The predicted octanol–water partition coefficient (Wildman–Crippen LogP) is 6.23. The molecule has 0 unspecified atom stereocenters. The lowest BCUT2D eigenvalue weighted by atomic mass is 9.76. The maximum Gasteiger partial charge on any atom is 0.329 e. The molecule has 2 fully saturated rings. The second-order valence-electron chi connectivity index (χ2n) is 10.8. The van der Waals surface area contributed by atoms with Gasteiger partial charge < -0.3 is 15.4 Å². The molecule has 180 valence electrons. The third kappa shape index (κ3) is 5.99. The van der Waals surface area contributed by atoms with Crippen molar-refractivity contribution in [1.82, 2.24) is 10.3 Å². The van der Waals surface area contributed by atoms with E-state index in [9.17, 15) is 14.7 Å². The van der Waals surface area contributed by atoms with Crippen LogP contribution in [-0.2, 0) is 16.0 Å². The third-order valence-electron chi connectivity index (χ3n) is 8.15. The van der Waals surface area contributed by atoms with Gasteiger partial charge in [0.05, 0.1) is 0 Å². The molecule has 0 aliphatic heterocycles. The minimum absolute atomic E-state index is 0.0594. The van der Waals surface area contributed by atoms with Crippen LogP contribution >= 0.6 is 0 Å². The van der Waals surface area contributed by atoms with E-state index >= 15 is 0 Å². The Labute approximate surface area is 197 Å². The first-order chi connectivity index (χ1) is 15.9. The molecule has 33 heavy (non-hydrogen) atoms. The summed E-state index contributed by atoms with van der Waals surface area (Å²) < 4.78 is 0. The summed E-state index contributed by atoms with van der Waals surface area (Å²) in [5, 5.41) is 14.2. The fourth-order valence-corrected chi connectivity index (χ4v) is 6.17. The van der Waals surface area contributed by atoms with Crippen molar-refractivity contribution in [2.24, 2.45) is 17.8 Å². The number of benzene rings is 1. The predicted molar refractivity (Wildman–Crippen MR) is 132 cm³/mol. The number of fused-ring (bicyclic) bond motifs is 1. The highest BCUT2D eigenvalue weighted by Gasteiger charge is 2.38. The number of carbonyl (C=O) groups is 2. The van der Waals surface area contributed by atoms with E-state index in [4.69, 9.17) is 0 Å². The average molecular weight is 453 g/mol. The lowest BCUT2D eigenvalue weighted by molar-refractivity contribution is -0.147. The molecule has 0 saturated heterocycles. The van der Waals surface area contributed by atoms with Gasteiger partial charge >= 0.3 is 5.97 Å². The van der Waals surface area contributed by atoms with Gasteiger partial charge in [0.25, 0.3) is 0 Å². The minimum Gasteiger partial charge on any atom is -0.480 e. The zero-order valence-corrected chi connectivity index (χ0v) is 20.1. The molecule has 1 aromatic carbocycles. The molecule has 2 aromatic rings. The number of rotatable bonds is 9. The van der Waals surface area contributed by atoms with Gasteiger partial charge in [-0.3, -0.25) is 4.79 Å². The van der Waals surface area contributed by atoms with Crippen LogP contribution in [0.3, 0.4) is 0 Å². The quantitative estimate of drug-likeness (QED) is 0.422. The molecule has 1 heterocycles. The second-order valence-corrected chi connectivity index (χ2v) is 10.8. The Kier molecular flexibility index (Phi) is 7.77. The van der Waals surface area contributed by atoms with Crippen molar-refractivity contribution < 1.29 is 14.7 Å². The zero-order valence-electron chi connectivity index (χ0n) is 20.1. The zero-order chi connectivity index (χ0) is 23.3. The van der Waals surface area contributed by atoms with Crippen molar-refractivity contribution in [3.8, 4) is 0 Å². The van der Waals surface area contributed by atoms with Gasteiger partial charge in [-0.2, -0.15) is 0 Å². The Morgan fingerprint density at radius 1 is 1.00 bits per heavy atom. The number of aromatic amines is 1. The van der Waals surface area contributed by atoms with Gasteiger partial charge in [0, 0.05) is 29.4 Å². The molecule has 5 heteroatoms. The highest BCUT2D eigenvalue weighted by Crippen LogP contribution is 2.35. The smallest absolute Gasteiger partial charge is 0.329 e. The minimum atomic E-state index is -1.33. The summed E-state index contributed by atoms with van der Waals surface area (Å²) in [6, 6.07) is 7.91. The van der Waals surface area contributed by atoms with Crippen molar-refractivity contribution in [2.45, 2.75) is 95.9 Å². The number of para-hydroxylation sites is 1. The third-order valence-corrected chi connectivity index (χ3v) is 8.15. The Balaban J connectivity index is 1.50. The first-order valence-corrected chi connectivity index (χ1v) is 13.0. The Hall–Kier alpha value is -2.30. The normalized spacial score (nSPS) is 20.1. The molecule has 4 rings (SSSR count). The lowest BCUT2D eigenvalue weighted by Gasteiger charge is -2.33. The van der Waals surface area contributed by atoms with Crippen LogP contribution in [0.25, 0.3) is 10.9 Å². The Morgan fingerprint density at radius 3 is 2.15 bits per heavy atom. The first kappa shape index (κ1) is 23.8. The molecule has 2 aliphatic carbocycles. The molecule has 2 saturated carbocycles. The van der Waals surface area contributed by atoms with Gasteiger partial charge in [-0.1, -0.05) is 82.4 Å². The maximum atomic E-state index is 13.6. The van der Waals surface area contributed by atoms with E-state index in [-0.39, 0.29) is 18.2 Å². The fourth-order valence-electron chi connectivity index (χ4n) is 6.17. The number of H-pyrrole nitrogens is 1. The van der Waals surface area contributed by atoms with Crippen LogP contribution in [0.1, 0.15) is 89.5 Å². The summed E-state index contributed by atoms with van der Waals surface area (Å²) >= 11 is 0. The van der Waals surface area contributed by atoms with Crippen LogP contribution in [0.2, 0.25) is 0 Å². The van der Waals surface area contributed by atoms with Gasteiger partial charge in [0.1, 0.15) is 5.54 Å². The number of hydrogen-bond acceptors (Lipinski definition) is 2. The number of hydrogen-bond donors (Lipinski definition) is 3. The largest absolute Gasteiger partial charge is 0.480 e. The molecule has 1 amide bonds. The number of carboxylic acid groups (broad SMARTS) is 1. The van der Waals surface area contributed by atoms with Gasteiger partial charge in [-0.25, -0.2) is 4.79 Å². The first-order valence-electron chi connectivity index (χ1n) is 13.0. The summed E-state index contributed by atoms with van der Waals surface area (Å²) in [5.41, 5.74) is 0.574. The van der Waals surface area contributed by atoms with E-state index in [1.165, 1.54) is 64.2 Å². The lowest BCUT2D eigenvalue weighted by Crippen LogP contribution is -2.55. The number of aromatic nitrogens is 1. The van der Waals surface area contributed by atoms with Crippen LogP contribution < -0.4 is 5.32 Å². The SMILES string of the molecule is C[C@](Cc1c[nH]c2ccccc12)(NC(=O)C(CC1CCCCC1)CC1CCCCC1)C(=O)O. The number of carbonyl (C=O) groups excluding carboxylic acids is 1. The summed E-state index contributed by atoms with van der Waals surface area (Å²) in [4.78, 5) is 29.2. The number of amides is 1. The standard InChI is InChI=1S/C28H40N2O3/c1-28(27(32)33,18-23-19-29-25-15-9-8-14-24(23)25)30-26(31)22(16-20-10-4-2-5-11-20)17-21-12-6-3-7-13-21/h8-9,14-15,19-22,29H,2-7,10-13,16-18H2,1H3,(H,30,31)(H,32,33)/t28-/m1/s1. The summed E-state index contributed by atoms with van der Waals surface area (Å²) in [7, 11) is 0. The maximum absolute atomic E-state index is 13.6. The average Bonchev–Trinajstić information content (AvgIpc) is 3.22. The molecular formula is C28H40N2O3. The molecule has 5 nitrogen and oxygen atoms in total. The molecule has 1 aromatic heterocycles. The van der Waals surface area contributed by atoms with Crippen LogP contribution in [0.15, 0.2) is 30.5 Å². The topological polar surface area (TPSA) is 82.2 Å². The van der Waals surface area contributed by atoms with Crippen molar-refractivity contribution in [3.63, 3.8) is 0 Å². The van der Waals surface area contributed by atoms with Crippen molar-refractivity contribution >= 4 is 22.8 Å². The molecule has 0 radical (unpaired) electrons. The van der Waals surface area contributed by atoms with E-state index in [1.54, 1.807) is 6.92 Å². The number of carboxylic acids is 1. The van der Waals surface area contributed by atoms with Crippen LogP contribution in [0.4, 0.5) is 0 Å². The fraction of sp³-hybridized carbons (Fsp3) is 0.643. The molecular weight excluding hydrogens is 412 g/mol. The van der Waals surface area contributed by atoms with E-state index in [1.807, 2.05) is 30.5 Å². The molecule has 1 atom stereocenters. The summed E-state index contributed by atoms with van der Waals surface area (Å²) in [5.74, 6) is 0.0783. The molecule has 2 aliphatic rings. The van der Waals surface area contributed by atoms with E-state index in [2.05, 4.69) is 10.3 Å². The summed E-state index contributed by atoms with van der Waals surface area (Å²) in [6.07, 6.45) is 16.4. The second kappa shape index (κ2) is 10.8. The van der Waals surface area contributed by atoms with E-state index in [0.29, 0.717) is 11.8 Å². The van der Waals surface area contributed by atoms with Gasteiger partial charge in [0.15, 0.2) is 0 Å². The van der Waals surface area contributed by atoms with Gasteiger partial charge in [-0.05, 0) is 43.2 Å². The monoisotopic (exact) mass is 452 g/mol. The highest BCUT2D eigenvalue weighted by atomic mass is 16.4.